The van der Waals surface area contributed by atoms with Gasteiger partial charge < -0.3 is 39.6 Å². The number of amides is 1. The molecule has 1 unspecified atom stereocenters. The molecule has 3 aromatic rings. The molecule has 4 rings (SSSR count). The van der Waals surface area contributed by atoms with E-state index < -0.39 is 42.2 Å². The molecule has 4 N–H and O–H groups in total. The first-order valence-corrected chi connectivity index (χ1v) is 12.3. The fourth-order valence-electron chi connectivity index (χ4n) is 4.76. The molecule has 0 radical (unpaired) electrons. The Morgan fingerprint density at radius 1 is 0.816 bits per heavy atom. The molecule has 1 fully saturated rings. The van der Waals surface area contributed by atoms with Gasteiger partial charge in [0, 0.05) is 6.92 Å². The zero-order chi connectivity index (χ0) is 27.3. The van der Waals surface area contributed by atoms with Crippen LogP contribution in [0.4, 0.5) is 0 Å². The molecule has 9 nitrogen and oxygen atoms in total. The van der Waals surface area contributed by atoms with Gasteiger partial charge in [0.2, 0.25) is 5.91 Å². The minimum absolute atomic E-state index is 0.199. The van der Waals surface area contributed by atoms with Crippen LogP contribution in [0.1, 0.15) is 23.6 Å². The number of hydrogen-bond acceptors (Lipinski definition) is 8. The average molecular weight is 524 g/mol. The number of carbonyl (C=O) groups is 1. The van der Waals surface area contributed by atoms with E-state index >= 15 is 0 Å². The highest BCUT2D eigenvalue weighted by Gasteiger charge is 2.46. The predicted molar refractivity (Wildman–Crippen MR) is 139 cm³/mol. The summed E-state index contributed by atoms with van der Waals surface area (Å²) in [7, 11) is 3.18. The highest BCUT2D eigenvalue weighted by Crippen LogP contribution is 2.42. The molecule has 5 atom stereocenters. The van der Waals surface area contributed by atoms with Crippen molar-refractivity contribution in [3.05, 3.63) is 95.6 Å². The first-order valence-electron chi connectivity index (χ1n) is 12.3. The van der Waals surface area contributed by atoms with Gasteiger partial charge in [0.05, 0.1) is 20.8 Å². The molecular weight excluding hydrogens is 490 g/mol. The first kappa shape index (κ1) is 27.6. The Morgan fingerprint density at radius 2 is 1.32 bits per heavy atom. The lowest BCUT2D eigenvalue weighted by molar-refractivity contribution is -0.261. The molecule has 1 saturated heterocycles. The maximum Gasteiger partial charge on any atom is 0.217 e. The molecule has 0 saturated carbocycles. The van der Waals surface area contributed by atoms with E-state index in [0.29, 0.717) is 11.5 Å². The minimum Gasteiger partial charge on any atom is -0.497 e. The second kappa shape index (κ2) is 11.9. The van der Waals surface area contributed by atoms with Gasteiger partial charge in [-0.15, -0.1) is 0 Å². The SMILES string of the molecule is COc1ccc(C(OCC2O[C@H](O)[C@@H](NC(C)=O)[C@@H](O)[C@H]2O)(c2ccccc2)c2ccc(OC)cc2)cc1. The Hall–Kier alpha value is -3.47. The summed E-state index contributed by atoms with van der Waals surface area (Å²) in [5.74, 6) is 0.874. The number of benzene rings is 3. The minimum atomic E-state index is -1.54. The monoisotopic (exact) mass is 523 g/mol. The van der Waals surface area contributed by atoms with E-state index in [2.05, 4.69) is 5.32 Å². The summed E-state index contributed by atoms with van der Waals surface area (Å²) < 4.78 is 23.0. The lowest BCUT2D eigenvalue weighted by Crippen LogP contribution is -2.64. The number of methoxy groups -OCH3 is 2. The summed E-state index contributed by atoms with van der Waals surface area (Å²) in [4.78, 5) is 11.5. The number of carbonyl (C=O) groups excluding carboxylic acids is 1. The van der Waals surface area contributed by atoms with Gasteiger partial charge in [0.25, 0.3) is 0 Å². The molecule has 0 aliphatic carbocycles. The lowest BCUT2D eigenvalue weighted by Gasteiger charge is -2.43. The number of aliphatic hydroxyl groups is 3. The summed E-state index contributed by atoms with van der Waals surface area (Å²) in [6, 6.07) is 23.3. The van der Waals surface area contributed by atoms with E-state index in [1.54, 1.807) is 14.2 Å². The first-order chi connectivity index (χ1) is 18.3. The molecule has 1 aliphatic rings. The maximum atomic E-state index is 11.5. The molecule has 1 heterocycles. The standard InChI is InChI=1S/C29H33NO8/c1-18(31)30-25-27(33)26(32)24(38-28(25)34)17-37-29(19-7-5-4-6-8-19,20-9-13-22(35-2)14-10-20)21-11-15-23(36-3)16-12-21/h4-16,24-28,32-34H,17H2,1-3H3,(H,30,31)/t24?,25-,26-,27+,28-/m0/s1. The smallest absolute Gasteiger partial charge is 0.217 e. The fourth-order valence-corrected chi connectivity index (χ4v) is 4.76. The van der Waals surface area contributed by atoms with Crippen LogP contribution in [0.15, 0.2) is 78.9 Å². The van der Waals surface area contributed by atoms with Gasteiger partial charge in [-0.05, 0) is 41.0 Å². The third kappa shape index (κ3) is 5.52. The number of ether oxygens (including phenoxy) is 4. The molecule has 202 valence electrons. The number of aliphatic hydroxyl groups excluding tert-OH is 3. The van der Waals surface area contributed by atoms with Crippen LogP contribution in [-0.2, 0) is 19.9 Å². The van der Waals surface area contributed by atoms with Crippen molar-refractivity contribution in [2.24, 2.45) is 0 Å². The maximum absolute atomic E-state index is 11.5. The third-order valence-corrected chi connectivity index (χ3v) is 6.73. The molecule has 1 aliphatic heterocycles. The molecule has 3 aromatic carbocycles. The summed E-state index contributed by atoms with van der Waals surface area (Å²) in [5, 5.41) is 34.4. The van der Waals surface area contributed by atoms with Crippen molar-refractivity contribution in [1.29, 1.82) is 0 Å². The van der Waals surface area contributed by atoms with Crippen molar-refractivity contribution in [3.8, 4) is 11.5 Å². The van der Waals surface area contributed by atoms with Crippen molar-refractivity contribution in [2.45, 2.75) is 43.2 Å². The zero-order valence-electron chi connectivity index (χ0n) is 21.5. The van der Waals surface area contributed by atoms with E-state index in [9.17, 15) is 20.1 Å². The van der Waals surface area contributed by atoms with Gasteiger partial charge in [-0.1, -0.05) is 54.6 Å². The summed E-state index contributed by atoms with van der Waals surface area (Å²) in [5.41, 5.74) is 1.18. The Morgan fingerprint density at radius 3 is 1.79 bits per heavy atom. The van der Waals surface area contributed by atoms with Gasteiger partial charge in [-0.3, -0.25) is 4.79 Å². The normalized spacial score (nSPS) is 23.5. The Bertz CT molecular complexity index is 1140. The number of nitrogens with one attached hydrogen (secondary N) is 1. The predicted octanol–water partition coefficient (Wildman–Crippen LogP) is 1.96. The highest BCUT2D eigenvalue weighted by molar-refractivity contribution is 5.73. The van der Waals surface area contributed by atoms with Crippen LogP contribution in [0.5, 0.6) is 11.5 Å². The fraction of sp³-hybridized carbons (Fsp3) is 0.345. The quantitative estimate of drug-likeness (QED) is 0.314. The van der Waals surface area contributed by atoms with E-state index in [1.165, 1.54) is 6.92 Å². The largest absolute Gasteiger partial charge is 0.497 e. The van der Waals surface area contributed by atoms with Crippen molar-refractivity contribution < 1.29 is 39.1 Å². The van der Waals surface area contributed by atoms with Gasteiger partial charge in [-0.2, -0.15) is 0 Å². The average Bonchev–Trinajstić information content (AvgIpc) is 2.95. The Balaban J connectivity index is 1.76. The topological polar surface area (TPSA) is 127 Å². The second-order valence-electron chi connectivity index (χ2n) is 9.09. The van der Waals surface area contributed by atoms with Crippen molar-refractivity contribution in [3.63, 3.8) is 0 Å². The van der Waals surface area contributed by atoms with Crippen LogP contribution < -0.4 is 14.8 Å². The summed E-state index contributed by atoms with van der Waals surface area (Å²) in [6.07, 6.45) is -5.54. The highest BCUT2D eigenvalue weighted by atomic mass is 16.6. The van der Waals surface area contributed by atoms with Crippen LogP contribution in [0.25, 0.3) is 0 Å². The van der Waals surface area contributed by atoms with Crippen LogP contribution >= 0.6 is 0 Å². The van der Waals surface area contributed by atoms with Gasteiger partial charge in [0.15, 0.2) is 6.29 Å². The van der Waals surface area contributed by atoms with Crippen LogP contribution in [0.3, 0.4) is 0 Å². The number of hydrogen-bond donors (Lipinski definition) is 4. The molecule has 0 aromatic heterocycles. The van der Waals surface area contributed by atoms with Crippen LogP contribution in [0, 0.1) is 0 Å². The molecule has 1 amide bonds. The summed E-state index contributed by atoms with van der Waals surface area (Å²) in [6.45, 7) is 1.05. The zero-order valence-corrected chi connectivity index (χ0v) is 21.5. The molecular formula is C29H33NO8. The van der Waals surface area contributed by atoms with Crippen molar-refractivity contribution >= 4 is 5.91 Å². The molecule has 0 bridgehead atoms. The van der Waals surface area contributed by atoms with Gasteiger partial charge >= 0.3 is 0 Å². The van der Waals surface area contributed by atoms with E-state index in [-0.39, 0.29) is 6.61 Å². The Labute approximate surface area is 221 Å². The van der Waals surface area contributed by atoms with Crippen LogP contribution in [0.2, 0.25) is 0 Å². The van der Waals surface area contributed by atoms with Crippen molar-refractivity contribution in [2.75, 3.05) is 20.8 Å². The number of rotatable bonds is 9. The van der Waals surface area contributed by atoms with E-state index in [4.69, 9.17) is 18.9 Å². The molecule has 38 heavy (non-hydrogen) atoms. The molecule has 9 heteroatoms. The lowest BCUT2D eigenvalue weighted by atomic mass is 9.80. The Kier molecular flexibility index (Phi) is 8.65. The van der Waals surface area contributed by atoms with Gasteiger partial charge in [-0.25, -0.2) is 0 Å². The summed E-state index contributed by atoms with van der Waals surface area (Å²) >= 11 is 0. The van der Waals surface area contributed by atoms with Crippen LogP contribution in [-0.4, -0.2) is 72.7 Å². The van der Waals surface area contributed by atoms with Crippen molar-refractivity contribution in [1.82, 2.24) is 5.32 Å². The van der Waals surface area contributed by atoms with E-state index in [0.717, 1.165) is 16.7 Å². The second-order valence-corrected chi connectivity index (χ2v) is 9.09. The third-order valence-electron chi connectivity index (χ3n) is 6.73. The molecule has 0 spiro atoms. The van der Waals surface area contributed by atoms with E-state index in [1.807, 2.05) is 78.9 Å². The van der Waals surface area contributed by atoms with Gasteiger partial charge in [0.1, 0.15) is 41.5 Å².